The second-order valence-corrected chi connectivity index (χ2v) is 16.5. The van der Waals surface area contributed by atoms with Gasteiger partial charge in [-0.2, -0.15) is 0 Å². The van der Waals surface area contributed by atoms with Crippen LogP contribution in [0.1, 0.15) is 18.4 Å². The molecule has 3 aliphatic rings. The molecule has 0 amide bonds. The fraction of sp³-hybridized carbons (Fsp3) is 0.423. The molecule has 32 heavy (non-hydrogen) atoms. The average molecular weight is 521 g/mol. The Balaban J connectivity index is 0.000000686. The fourth-order valence-electron chi connectivity index (χ4n) is 6.07. The normalized spacial score (nSPS) is 25.2. The molecule has 2 aromatic carbocycles. The molecule has 3 unspecified atom stereocenters. The van der Waals surface area contributed by atoms with Gasteiger partial charge in [0.15, 0.2) is 0 Å². The molecule has 0 bridgehead atoms. The maximum absolute atomic E-state index is 4.89. The zero-order valence-corrected chi connectivity index (χ0v) is 23.5. The standard InChI is InChI=1S/C25H31N2Si.CH3.2ClH.Ti/c1-28(2,27-17-15-26-16-18-27)25-14-13-23-22(11-6-12-24(23)25)21-10-5-8-19-7-3-4-9-20(19)21;;;;/h3-12,23-25H,13-18H2,1-2H3;1H3;2*1H;/q2*-1;;;+2/p-2. The van der Waals surface area contributed by atoms with Crippen molar-refractivity contribution in [2.75, 3.05) is 26.2 Å². The van der Waals surface area contributed by atoms with Gasteiger partial charge in [-0.25, -0.2) is 0 Å². The first-order chi connectivity index (χ1) is 15.1. The van der Waals surface area contributed by atoms with E-state index in [9.17, 15) is 0 Å². The molecular formula is C26H34Cl2N2SiTi-2. The van der Waals surface area contributed by atoms with Crippen LogP contribution < -0.4 is 0 Å². The summed E-state index contributed by atoms with van der Waals surface area (Å²) in [6.07, 6.45) is 10.0. The zero-order valence-electron chi connectivity index (χ0n) is 19.4. The van der Waals surface area contributed by atoms with E-state index in [2.05, 4.69) is 83.7 Å². The average Bonchev–Trinajstić information content (AvgIpc) is 3.25. The quantitative estimate of drug-likeness (QED) is 0.296. The summed E-state index contributed by atoms with van der Waals surface area (Å²) >= 11 is -0.556. The summed E-state index contributed by atoms with van der Waals surface area (Å²) in [4.78, 5) is 0. The van der Waals surface area contributed by atoms with Crippen molar-refractivity contribution < 1.29 is 17.0 Å². The Morgan fingerprint density at radius 3 is 2.44 bits per heavy atom. The molecule has 2 fully saturated rings. The third kappa shape index (κ3) is 5.30. The first kappa shape index (κ1) is 26.2. The molecule has 5 rings (SSSR count). The number of benzene rings is 2. The molecule has 0 aromatic heterocycles. The zero-order chi connectivity index (χ0) is 21.8. The predicted molar refractivity (Wildman–Crippen MR) is 141 cm³/mol. The Morgan fingerprint density at radius 2 is 1.69 bits per heavy atom. The number of fused-ring (bicyclic) bond motifs is 2. The number of hydrogen-bond donors (Lipinski definition) is 0. The number of rotatable bonds is 3. The van der Waals surface area contributed by atoms with E-state index in [4.69, 9.17) is 18.6 Å². The Hall–Kier alpha value is -0.389. The van der Waals surface area contributed by atoms with Crippen LogP contribution in [0.2, 0.25) is 18.6 Å². The Bertz CT molecular complexity index is 950. The van der Waals surface area contributed by atoms with Gasteiger partial charge in [-0.1, -0.05) is 80.2 Å². The monoisotopic (exact) mass is 520 g/mol. The summed E-state index contributed by atoms with van der Waals surface area (Å²) < 4.78 is 2.84. The van der Waals surface area contributed by atoms with E-state index in [1.54, 1.807) is 5.57 Å². The molecule has 2 aromatic rings. The van der Waals surface area contributed by atoms with Gasteiger partial charge in [0.2, 0.25) is 0 Å². The summed E-state index contributed by atoms with van der Waals surface area (Å²) in [6.45, 7) is 9.68. The molecule has 1 heterocycles. The van der Waals surface area contributed by atoms with Gasteiger partial charge in [0, 0.05) is 0 Å². The molecule has 1 saturated heterocycles. The number of piperazine rings is 1. The predicted octanol–water partition coefficient (Wildman–Crippen LogP) is 7.91. The number of halogens is 2. The molecule has 3 atom stereocenters. The van der Waals surface area contributed by atoms with Crippen molar-refractivity contribution >= 4 is 43.2 Å². The molecule has 1 saturated carbocycles. The van der Waals surface area contributed by atoms with Gasteiger partial charge in [-0.05, 0) is 58.8 Å². The number of hydrogen-bond acceptors (Lipinski definition) is 1. The molecule has 0 N–H and O–H groups in total. The van der Waals surface area contributed by atoms with Crippen LogP contribution in [-0.2, 0) is 17.0 Å². The molecule has 6 heteroatoms. The molecule has 2 nitrogen and oxygen atoms in total. The summed E-state index contributed by atoms with van der Waals surface area (Å²) in [6, 6.07) is 15.7. The van der Waals surface area contributed by atoms with Crippen LogP contribution in [0, 0.1) is 19.3 Å². The van der Waals surface area contributed by atoms with Crippen molar-refractivity contribution in [2.45, 2.75) is 31.5 Å². The summed E-state index contributed by atoms with van der Waals surface area (Å²) in [5, 5.41) is 7.35. The molecular weight excluding hydrogens is 487 g/mol. The van der Waals surface area contributed by atoms with Gasteiger partial charge in [-0.3, -0.25) is 0 Å². The van der Waals surface area contributed by atoms with E-state index in [-0.39, 0.29) is 7.43 Å². The van der Waals surface area contributed by atoms with Crippen LogP contribution in [0.5, 0.6) is 0 Å². The minimum absolute atomic E-state index is 0. The van der Waals surface area contributed by atoms with E-state index >= 15 is 0 Å². The number of allylic oxidation sites excluding steroid dienone is 4. The van der Waals surface area contributed by atoms with Crippen LogP contribution in [0.15, 0.2) is 60.7 Å². The van der Waals surface area contributed by atoms with Crippen LogP contribution in [0.25, 0.3) is 21.7 Å². The van der Waals surface area contributed by atoms with Gasteiger partial charge >= 0.3 is 35.6 Å². The summed E-state index contributed by atoms with van der Waals surface area (Å²) in [5.41, 5.74) is 3.88. The second kappa shape index (κ2) is 11.8. The van der Waals surface area contributed by atoms with E-state index < -0.39 is 25.3 Å². The SMILES string of the molecule is C[Si](C)(C1CCC2C(c3cccc4ccccc34)=CC=CC21)N1CC[N-]CC1.[CH3-].[Cl][Ti][Cl]. The van der Waals surface area contributed by atoms with Crippen LogP contribution in [0.3, 0.4) is 0 Å². The topological polar surface area (TPSA) is 17.3 Å². The molecule has 0 spiro atoms. The van der Waals surface area contributed by atoms with Crippen molar-refractivity contribution in [3.8, 4) is 0 Å². The molecule has 172 valence electrons. The van der Waals surface area contributed by atoms with E-state index in [1.807, 2.05) is 0 Å². The first-order valence-corrected chi connectivity index (χ1v) is 18.6. The van der Waals surface area contributed by atoms with Gasteiger partial charge < -0.3 is 17.3 Å². The third-order valence-electron chi connectivity index (χ3n) is 7.61. The summed E-state index contributed by atoms with van der Waals surface area (Å²) in [7, 11) is 8.31. The van der Waals surface area contributed by atoms with Gasteiger partial charge in [0.1, 0.15) is 8.24 Å². The van der Waals surface area contributed by atoms with Crippen molar-refractivity contribution in [2.24, 2.45) is 11.8 Å². The van der Waals surface area contributed by atoms with E-state index in [0.29, 0.717) is 11.8 Å². The fourth-order valence-corrected chi connectivity index (χ4v) is 10.1. The maximum atomic E-state index is 4.89. The van der Waals surface area contributed by atoms with Crippen molar-refractivity contribution in [1.29, 1.82) is 0 Å². The second-order valence-electron chi connectivity index (χ2n) is 9.28. The molecule has 1 aliphatic heterocycles. The van der Waals surface area contributed by atoms with Crippen LogP contribution in [-0.4, -0.2) is 39.0 Å². The van der Waals surface area contributed by atoms with Gasteiger partial charge in [0.25, 0.3) is 0 Å². The molecule has 0 radical (unpaired) electrons. The number of nitrogens with zero attached hydrogens (tertiary/aromatic N) is 2. The van der Waals surface area contributed by atoms with Crippen molar-refractivity contribution in [3.63, 3.8) is 0 Å². The van der Waals surface area contributed by atoms with Crippen LogP contribution in [0.4, 0.5) is 0 Å². The Morgan fingerprint density at radius 1 is 1.00 bits per heavy atom. The molecule has 2 aliphatic carbocycles. The third-order valence-corrected chi connectivity index (χ3v) is 12.2. The minimum atomic E-state index is -1.47. The van der Waals surface area contributed by atoms with Crippen molar-refractivity contribution in [1.82, 2.24) is 4.57 Å². The first-order valence-electron chi connectivity index (χ1n) is 11.3. The Kier molecular flexibility index (Phi) is 9.70. The van der Waals surface area contributed by atoms with Gasteiger partial charge in [0.05, 0.1) is 0 Å². The van der Waals surface area contributed by atoms with Gasteiger partial charge in [-0.15, -0.1) is 13.1 Å². The van der Waals surface area contributed by atoms with Crippen LogP contribution >= 0.6 is 18.6 Å². The van der Waals surface area contributed by atoms with E-state index in [0.717, 1.165) is 18.6 Å². The van der Waals surface area contributed by atoms with Crippen molar-refractivity contribution in [3.05, 3.63) is 79.0 Å². The summed E-state index contributed by atoms with van der Waals surface area (Å²) in [5.74, 6) is 1.39. The van der Waals surface area contributed by atoms with E-state index in [1.165, 1.54) is 42.3 Å². The Labute approximate surface area is 212 Å².